The first kappa shape index (κ1) is 20.7. The maximum Gasteiger partial charge on any atom is 0.270 e. The van der Waals surface area contributed by atoms with E-state index in [0.29, 0.717) is 24.1 Å². The Balaban J connectivity index is 1.44. The molecule has 1 N–H and O–H groups in total. The highest BCUT2D eigenvalue weighted by molar-refractivity contribution is 7.07. The van der Waals surface area contributed by atoms with Gasteiger partial charge in [-0.05, 0) is 38.5 Å². The summed E-state index contributed by atoms with van der Waals surface area (Å²) < 4.78 is 5.52. The minimum atomic E-state index is -0.0845. The Hall–Kier alpha value is -2.61. The van der Waals surface area contributed by atoms with E-state index >= 15 is 0 Å². The van der Waals surface area contributed by atoms with Crippen molar-refractivity contribution in [2.75, 3.05) is 6.54 Å². The predicted molar refractivity (Wildman–Crippen MR) is 116 cm³/mol. The Morgan fingerprint density at radius 2 is 2.07 bits per heavy atom. The molecule has 1 aliphatic rings. The number of hydrogen-bond donors (Lipinski definition) is 1. The van der Waals surface area contributed by atoms with E-state index in [9.17, 15) is 4.79 Å². The Morgan fingerprint density at radius 3 is 2.70 bits per heavy atom. The zero-order valence-electron chi connectivity index (χ0n) is 17.6. The number of hydrogen-bond acceptors (Lipinski definition) is 7. The number of aromatic nitrogens is 4. The number of carbonyl (C=O) groups is 1. The highest BCUT2D eigenvalue weighted by Gasteiger charge is 2.28. The molecular formula is C22H27N5O2S. The minimum Gasteiger partial charge on any atom is -0.356 e. The van der Waals surface area contributed by atoms with Crippen molar-refractivity contribution < 1.29 is 9.32 Å². The monoisotopic (exact) mass is 425 g/mol. The molecule has 8 heteroatoms. The van der Waals surface area contributed by atoms with Gasteiger partial charge >= 0.3 is 0 Å². The summed E-state index contributed by atoms with van der Waals surface area (Å²) >= 11 is 1.44. The van der Waals surface area contributed by atoms with Gasteiger partial charge in [0.05, 0.1) is 22.5 Å². The van der Waals surface area contributed by atoms with E-state index in [-0.39, 0.29) is 11.8 Å². The van der Waals surface area contributed by atoms with Gasteiger partial charge in [0.25, 0.3) is 5.91 Å². The summed E-state index contributed by atoms with van der Waals surface area (Å²) in [6, 6.07) is 1.94. The first-order valence-electron chi connectivity index (χ1n) is 10.5. The lowest BCUT2D eigenvalue weighted by Gasteiger charge is -2.29. The summed E-state index contributed by atoms with van der Waals surface area (Å²) in [6.07, 6.45) is 6.06. The SMILES string of the molecule is Cc1cc(-c2cnc(C(C)C)nc2C2CCC(CNC(=O)c3cscn3)CC2)on1. The summed E-state index contributed by atoms with van der Waals surface area (Å²) in [5.74, 6) is 2.62. The van der Waals surface area contributed by atoms with Gasteiger partial charge in [-0.2, -0.15) is 0 Å². The molecule has 3 aromatic heterocycles. The van der Waals surface area contributed by atoms with Crippen LogP contribution in [0, 0.1) is 12.8 Å². The van der Waals surface area contributed by atoms with Crippen molar-refractivity contribution >= 4 is 17.2 Å². The highest BCUT2D eigenvalue weighted by atomic mass is 32.1. The molecule has 1 fully saturated rings. The van der Waals surface area contributed by atoms with Gasteiger partial charge in [-0.15, -0.1) is 11.3 Å². The van der Waals surface area contributed by atoms with Crippen molar-refractivity contribution in [1.29, 1.82) is 0 Å². The average Bonchev–Trinajstić information content (AvgIpc) is 3.44. The second-order valence-corrected chi connectivity index (χ2v) is 9.03. The third kappa shape index (κ3) is 4.59. The van der Waals surface area contributed by atoms with Gasteiger partial charge in [-0.25, -0.2) is 15.0 Å². The van der Waals surface area contributed by atoms with Crippen molar-refractivity contribution in [3.05, 3.63) is 46.1 Å². The Labute approximate surface area is 180 Å². The van der Waals surface area contributed by atoms with Crippen LogP contribution in [-0.2, 0) is 0 Å². The van der Waals surface area contributed by atoms with Crippen molar-refractivity contribution in [3.63, 3.8) is 0 Å². The van der Waals surface area contributed by atoms with E-state index in [1.807, 2.05) is 19.2 Å². The molecule has 158 valence electrons. The third-order valence-electron chi connectivity index (χ3n) is 5.70. The van der Waals surface area contributed by atoms with Crippen LogP contribution in [0.5, 0.6) is 0 Å². The molecule has 0 aromatic carbocycles. The summed E-state index contributed by atoms with van der Waals surface area (Å²) in [5.41, 5.74) is 5.04. The predicted octanol–water partition coefficient (Wildman–Crippen LogP) is 4.72. The molecule has 3 heterocycles. The molecule has 0 saturated heterocycles. The van der Waals surface area contributed by atoms with Gasteiger partial charge in [0.15, 0.2) is 5.76 Å². The first-order valence-corrected chi connectivity index (χ1v) is 11.4. The maximum absolute atomic E-state index is 12.1. The molecule has 0 spiro atoms. The molecule has 4 rings (SSSR count). The number of thiazole rings is 1. The van der Waals surface area contributed by atoms with E-state index in [0.717, 1.165) is 54.2 Å². The number of aryl methyl sites for hydroxylation is 1. The van der Waals surface area contributed by atoms with Crippen molar-refractivity contribution in [2.45, 2.75) is 58.3 Å². The lowest BCUT2D eigenvalue weighted by Crippen LogP contribution is -2.31. The maximum atomic E-state index is 12.1. The average molecular weight is 426 g/mol. The lowest BCUT2D eigenvalue weighted by atomic mass is 9.79. The van der Waals surface area contributed by atoms with Crippen LogP contribution in [0.25, 0.3) is 11.3 Å². The second kappa shape index (κ2) is 9.04. The summed E-state index contributed by atoms with van der Waals surface area (Å²) in [4.78, 5) is 25.7. The zero-order valence-corrected chi connectivity index (χ0v) is 18.4. The van der Waals surface area contributed by atoms with Crippen molar-refractivity contribution in [3.8, 4) is 11.3 Å². The zero-order chi connectivity index (χ0) is 21.1. The van der Waals surface area contributed by atoms with E-state index < -0.39 is 0 Å². The van der Waals surface area contributed by atoms with Crippen molar-refractivity contribution in [1.82, 2.24) is 25.4 Å². The molecule has 0 aliphatic heterocycles. The summed E-state index contributed by atoms with van der Waals surface area (Å²) in [5, 5.41) is 8.84. The Bertz CT molecular complexity index is 991. The van der Waals surface area contributed by atoms with Crippen LogP contribution in [0.2, 0.25) is 0 Å². The normalized spacial score (nSPS) is 19.2. The molecule has 7 nitrogen and oxygen atoms in total. The largest absolute Gasteiger partial charge is 0.356 e. The molecule has 0 bridgehead atoms. The van der Waals surface area contributed by atoms with Crippen LogP contribution >= 0.6 is 11.3 Å². The van der Waals surface area contributed by atoms with Crippen LogP contribution in [0.15, 0.2) is 27.7 Å². The van der Waals surface area contributed by atoms with Gasteiger partial charge in [0, 0.05) is 36.0 Å². The molecule has 30 heavy (non-hydrogen) atoms. The molecule has 0 atom stereocenters. The van der Waals surface area contributed by atoms with Gasteiger partial charge in [-0.3, -0.25) is 4.79 Å². The topological polar surface area (TPSA) is 93.8 Å². The minimum absolute atomic E-state index is 0.0845. The van der Waals surface area contributed by atoms with E-state index in [1.165, 1.54) is 11.3 Å². The Kier molecular flexibility index (Phi) is 6.22. The fraction of sp³-hybridized carbons (Fsp3) is 0.500. The fourth-order valence-electron chi connectivity index (χ4n) is 3.97. The molecule has 1 amide bonds. The van der Waals surface area contributed by atoms with Crippen LogP contribution in [0.3, 0.4) is 0 Å². The molecule has 1 saturated carbocycles. The summed E-state index contributed by atoms with van der Waals surface area (Å²) in [6.45, 7) is 6.83. The van der Waals surface area contributed by atoms with Crippen LogP contribution in [-0.4, -0.2) is 32.6 Å². The fourth-order valence-corrected chi connectivity index (χ4v) is 4.50. The number of nitrogens with one attached hydrogen (secondary N) is 1. The second-order valence-electron chi connectivity index (χ2n) is 8.32. The number of rotatable bonds is 6. The van der Waals surface area contributed by atoms with Gasteiger partial charge in [-0.1, -0.05) is 19.0 Å². The van der Waals surface area contributed by atoms with Gasteiger partial charge < -0.3 is 9.84 Å². The number of nitrogens with zero attached hydrogens (tertiary/aromatic N) is 4. The quantitative estimate of drug-likeness (QED) is 0.614. The molecular weight excluding hydrogens is 398 g/mol. The number of carbonyl (C=O) groups excluding carboxylic acids is 1. The standard InChI is InChI=1S/C22H27N5O2S/c1-13(2)21-23-10-17(19-8-14(3)27-29-19)20(26-21)16-6-4-15(5-7-16)9-24-22(28)18-11-30-12-25-18/h8,10-13,15-16H,4-7,9H2,1-3H3,(H,24,28). The smallest absolute Gasteiger partial charge is 0.270 e. The third-order valence-corrected chi connectivity index (χ3v) is 6.28. The van der Waals surface area contributed by atoms with Crippen LogP contribution in [0.4, 0.5) is 0 Å². The van der Waals surface area contributed by atoms with Gasteiger partial charge in [0.2, 0.25) is 0 Å². The molecule has 0 unspecified atom stereocenters. The number of amides is 1. The van der Waals surface area contributed by atoms with Gasteiger partial charge in [0.1, 0.15) is 11.5 Å². The van der Waals surface area contributed by atoms with Crippen LogP contribution in [0.1, 0.15) is 79.1 Å². The molecule has 1 aliphatic carbocycles. The van der Waals surface area contributed by atoms with Crippen molar-refractivity contribution in [2.24, 2.45) is 5.92 Å². The van der Waals surface area contributed by atoms with E-state index in [2.05, 4.69) is 34.3 Å². The molecule has 0 radical (unpaired) electrons. The van der Waals surface area contributed by atoms with E-state index in [1.54, 1.807) is 10.9 Å². The highest BCUT2D eigenvalue weighted by Crippen LogP contribution is 2.39. The molecule has 3 aromatic rings. The Morgan fingerprint density at radius 1 is 1.27 bits per heavy atom. The first-order chi connectivity index (χ1) is 14.5. The summed E-state index contributed by atoms with van der Waals surface area (Å²) in [7, 11) is 0. The lowest BCUT2D eigenvalue weighted by molar-refractivity contribution is 0.0938. The van der Waals surface area contributed by atoms with E-state index in [4.69, 9.17) is 9.51 Å². The van der Waals surface area contributed by atoms with Crippen LogP contribution < -0.4 is 5.32 Å².